The van der Waals surface area contributed by atoms with E-state index in [-0.39, 0.29) is 22.1 Å². The third-order valence-corrected chi connectivity index (χ3v) is 3.10. The molecule has 0 fully saturated rings. The summed E-state index contributed by atoms with van der Waals surface area (Å²) in [5, 5.41) is -0.0543. The van der Waals surface area contributed by atoms with Crippen LogP contribution in [0.5, 0.6) is 0 Å². The van der Waals surface area contributed by atoms with Crippen molar-refractivity contribution < 1.29 is 17.9 Å². The van der Waals surface area contributed by atoms with Gasteiger partial charge in [0.05, 0.1) is 22.1 Å². The van der Waals surface area contributed by atoms with E-state index in [1.54, 1.807) is 6.92 Å². The second-order valence-electron chi connectivity index (χ2n) is 3.04. The number of hydrogen-bond acceptors (Lipinski definition) is 4. The molecule has 1 radical (unpaired) electrons. The summed E-state index contributed by atoms with van der Waals surface area (Å²) in [6, 6.07) is 5.02. The molecule has 0 heterocycles. The fourth-order valence-electron chi connectivity index (χ4n) is 1.03. The zero-order valence-corrected chi connectivity index (χ0v) is 10.4. The first kappa shape index (κ1) is 13.0. The summed E-state index contributed by atoms with van der Waals surface area (Å²) in [4.78, 5) is 11.3. The summed E-state index contributed by atoms with van der Waals surface area (Å²) >= 11 is 5.75. The van der Waals surface area contributed by atoms with Crippen LogP contribution in [0.3, 0.4) is 0 Å². The lowest BCUT2D eigenvalue weighted by molar-refractivity contribution is 0.0526. The minimum absolute atomic E-state index is 0.0504. The van der Waals surface area contributed by atoms with E-state index in [9.17, 15) is 13.2 Å². The molecule has 0 bridgehead atoms. The number of benzene rings is 1. The Bertz CT molecular complexity index is 508. The van der Waals surface area contributed by atoms with Crippen LogP contribution >= 0.6 is 11.6 Å². The Labute approximate surface area is 99.1 Å². The second kappa shape index (κ2) is 4.84. The van der Waals surface area contributed by atoms with Crippen molar-refractivity contribution in [3.8, 4) is 0 Å². The Morgan fingerprint density at radius 1 is 1.50 bits per heavy atom. The van der Waals surface area contributed by atoms with Gasteiger partial charge in [-0.1, -0.05) is 11.6 Å². The molecule has 0 atom stereocenters. The smallest absolute Gasteiger partial charge is 0.339 e. The van der Waals surface area contributed by atoms with Gasteiger partial charge >= 0.3 is 5.97 Å². The van der Waals surface area contributed by atoms with Crippen LogP contribution < -0.4 is 0 Å². The maximum absolute atomic E-state index is 11.4. The van der Waals surface area contributed by atoms with Gasteiger partial charge in [0.1, 0.15) is 0 Å². The minimum atomic E-state index is -3.37. The van der Waals surface area contributed by atoms with E-state index >= 15 is 0 Å². The molecule has 0 aromatic heterocycles. The van der Waals surface area contributed by atoms with Gasteiger partial charge in [0.2, 0.25) is 0 Å². The highest BCUT2D eigenvalue weighted by Crippen LogP contribution is 2.20. The highest BCUT2D eigenvalue weighted by molar-refractivity contribution is 7.90. The predicted octanol–water partition coefficient (Wildman–Crippen LogP) is 1.72. The average Bonchev–Trinajstić information content (AvgIpc) is 2.16. The number of rotatable bonds is 3. The number of ether oxygens (including phenoxy) is 1. The van der Waals surface area contributed by atoms with Crippen LogP contribution in [-0.2, 0) is 14.6 Å². The van der Waals surface area contributed by atoms with Crippen LogP contribution in [0.2, 0.25) is 5.02 Å². The lowest BCUT2D eigenvalue weighted by Gasteiger charge is -2.05. The molecular formula is C10H10ClO4S. The first-order chi connectivity index (χ1) is 7.36. The van der Waals surface area contributed by atoms with Crippen molar-refractivity contribution in [2.24, 2.45) is 0 Å². The average molecular weight is 262 g/mol. The summed E-state index contributed by atoms with van der Waals surface area (Å²) in [6.45, 7) is 1.89. The highest BCUT2D eigenvalue weighted by Gasteiger charge is 2.15. The van der Waals surface area contributed by atoms with Crippen LogP contribution in [0.4, 0.5) is 0 Å². The summed E-state index contributed by atoms with van der Waals surface area (Å²) in [6.07, 6.45) is 1.04. The van der Waals surface area contributed by atoms with Crippen LogP contribution in [0.15, 0.2) is 17.0 Å². The van der Waals surface area contributed by atoms with Crippen molar-refractivity contribution in [3.63, 3.8) is 0 Å². The van der Waals surface area contributed by atoms with Gasteiger partial charge in [0, 0.05) is 12.3 Å². The molecule has 0 aliphatic heterocycles. The van der Waals surface area contributed by atoms with Crippen molar-refractivity contribution in [1.29, 1.82) is 0 Å². The van der Waals surface area contributed by atoms with Gasteiger partial charge in [-0.25, -0.2) is 13.2 Å². The van der Waals surface area contributed by atoms with Gasteiger partial charge in [0.25, 0.3) is 0 Å². The Kier molecular flexibility index (Phi) is 3.93. The van der Waals surface area contributed by atoms with E-state index in [2.05, 4.69) is 6.07 Å². The summed E-state index contributed by atoms with van der Waals surface area (Å²) in [7, 11) is -3.37. The largest absolute Gasteiger partial charge is 0.462 e. The number of sulfone groups is 1. The molecule has 0 spiro atoms. The van der Waals surface area contributed by atoms with Crippen LogP contribution in [0.25, 0.3) is 0 Å². The molecule has 1 aromatic rings. The number of esters is 1. The molecule has 0 N–H and O–H groups in total. The quantitative estimate of drug-likeness (QED) is 0.778. The lowest BCUT2D eigenvalue weighted by Crippen LogP contribution is -2.06. The van der Waals surface area contributed by atoms with Crippen molar-refractivity contribution in [3.05, 3.63) is 28.8 Å². The van der Waals surface area contributed by atoms with Gasteiger partial charge < -0.3 is 4.74 Å². The number of carbonyl (C=O) groups excluding carboxylic acids is 1. The molecule has 87 valence electrons. The van der Waals surface area contributed by atoms with E-state index in [4.69, 9.17) is 16.3 Å². The fourth-order valence-corrected chi connectivity index (χ4v) is 1.93. The van der Waals surface area contributed by atoms with Gasteiger partial charge in [-0.15, -0.1) is 0 Å². The molecule has 4 nitrogen and oxygen atoms in total. The standard InChI is InChI=1S/C10H10ClO4S/c1-3-15-10(12)8-5-4-7(6-9(8)11)16(2,13)14/h4-5H,3H2,1-2H3. The normalized spacial score (nSPS) is 11.2. The molecule has 6 heteroatoms. The lowest BCUT2D eigenvalue weighted by atomic mass is 10.2. The fraction of sp³-hybridized carbons (Fsp3) is 0.300. The Hall–Kier alpha value is -1.07. The Morgan fingerprint density at radius 2 is 2.12 bits per heavy atom. The summed E-state index contributed by atoms with van der Waals surface area (Å²) < 4.78 is 27.1. The van der Waals surface area contributed by atoms with Crippen LogP contribution in [-0.4, -0.2) is 27.2 Å². The molecule has 0 saturated heterocycles. The molecule has 1 aromatic carbocycles. The first-order valence-electron chi connectivity index (χ1n) is 4.45. The molecular weight excluding hydrogens is 252 g/mol. The number of hydrogen-bond donors (Lipinski definition) is 0. The topological polar surface area (TPSA) is 60.4 Å². The monoisotopic (exact) mass is 261 g/mol. The molecule has 0 unspecified atom stereocenters. The van der Waals surface area contributed by atoms with Crippen LogP contribution in [0.1, 0.15) is 17.3 Å². The summed E-state index contributed by atoms with van der Waals surface area (Å²) in [5.41, 5.74) is 0.107. The maximum atomic E-state index is 11.4. The molecule has 16 heavy (non-hydrogen) atoms. The minimum Gasteiger partial charge on any atom is -0.462 e. The van der Waals surface area contributed by atoms with E-state index in [0.29, 0.717) is 0 Å². The van der Waals surface area contributed by atoms with Gasteiger partial charge in [-0.3, -0.25) is 0 Å². The number of halogens is 1. The number of carbonyl (C=O) groups is 1. The Morgan fingerprint density at radius 3 is 2.56 bits per heavy atom. The van der Waals surface area contributed by atoms with Crippen molar-refractivity contribution >= 4 is 27.4 Å². The zero-order chi connectivity index (χ0) is 12.3. The zero-order valence-electron chi connectivity index (χ0n) is 8.78. The maximum Gasteiger partial charge on any atom is 0.339 e. The molecule has 0 amide bonds. The van der Waals surface area contributed by atoms with Crippen molar-refractivity contribution in [2.45, 2.75) is 11.8 Å². The molecule has 0 aliphatic rings. The third kappa shape index (κ3) is 2.96. The summed E-state index contributed by atoms with van der Waals surface area (Å²) in [5.74, 6) is -0.594. The van der Waals surface area contributed by atoms with E-state index in [1.807, 2.05) is 0 Å². The molecule has 0 aliphatic carbocycles. The van der Waals surface area contributed by atoms with Crippen LogP contribution in [0, 0.1) is 6.07 Å². The molecule has 0 saturated carbocycles. The predicted molar refractivity (Wildman–Crippen MR) is 59.4 cm³/mol. The van der Waals surface area contributed by atoms with Gasteiger partial charge in [0.15, 0.2) is 9.84 Å². The van der Waals surface area contributed by atoms with E-state index in [1.165, 1.54) is 12.1 Å². The SMILES string of the molecule is CCOC(=O)c1ccc(S(C)(=O)=O)[c]c1Cl. The van der Waals surface area contributed by atoms with Crippen molar-refractivity contribution in [1.82, 2.24) is 0 Å². The third-order valence-electron chi connectivity index (χ3n) is 1.77. The first-order valence-corrected chi connectivity index (χ1v) is 6.72. The Balaban J connectivity index is 3.15. The highest BCUT2D eigenvalue weighted by atomic mass is 35.5. The van der Waals surface area contributed by atoms with Gasteiger partial charge in [-0.05, 0) is 19.1 Å². The van der Waals surface area contributed by atoms with Crippen molar-refractivity contribution in [2.75, 3.05) is 12.9 Å². The van der Waals surface area contributed by atoms with E-state index < -0.39 is 15.8 Å². The van der Waals surface area contributed by atoms with Gasteiger partial charge in [-0.2, -0.15) is 0 Å². The second-order valence-corrected chi connectivity index (χ2v) is 5.40. The van der Waals surface area contributed by atoms with E-state index in [0.717, 1.165) is 6.26 Å². The molecule has 1 rings (SSSR count).